The number of phenolic OH excluding ortho intramolecular Hbond substituents is 2. The molecule has 0 aliphatic heterocycles. The molecule has 1 aromatic heterocycles. The summed E-state index contributed by atoms with van der Waals surface area (Å²) in [5.41, 5.74) is 1.93. The highest BCUT2D eigenvalue weighted by Crippen LogP contribution is 2.27. The summed E-state index contributed by atoms with van der Waals surface area (Å²) in [6, 6.07) is 6.62. The van der Waals surface area contributed by atoms with E-state index in [2.05, 4.69) is 16.8 Å². The van der Waals surface area contributed by atoms with Gasteiger partial charge in [-0.25, -0.2) is 0 Å². The summed E-state index contributed by atoms with van der Waals surface area (Å²) in [6.45, 7) is 2.71. The molecule has 0 saturated heterocycles. The van der Waals surface area contributed by atoms with E-state index in [1.54, 1.807) is 17.4 Å². The van der Waals surface area contributed by atoms with Crippen molar-refractivity contribution in [1.29, 1.82) is 0 Å². The van der Waals surface area contributed by atoms with Gasteiger partial charge < -0.3 is 15.5 Å². The second kappa shape index (κ2) is 5.21. The van der Waals surface area contributed by atoms with Crippen molar-refractivity contribution in [1.82, 2.24) is 5.32 Å². The molecule has 0 radical (unpaired) electrons. The molecule has 0 spiro atoms. The first-order valence-corrected chi connectivity index (χ1v) is 6.37. The van der Waals surface area contributed by atoms with E-state index in [1.165, 1.54) is 17.7 Å². The van der Waals surface area contributed by atoms with Crippen LogP contribution in [0.5, 0.6) is 11.5 Å². The number of aromatic hydroxyl groups is 2. The molecule has 0 amide bonds. The Morgan fingerprint density at radius 3 is 2.82 bits per heavy atom. The Morgan fingerprint density at radius 1 is 1.29 bits per heavy atom. The fourth-order valence-corrected chi connectivity index (χ4v) is 2.33. The molecule has 90 valence electrons. The summed E-state index contributed by atoms with van der Waals surface area (Å²) in [5, 5.41) is 26.5. The molecule has 0 bridgehead atoms. The average Bonchev–Trinajstić information content (AvgIpc) is 2.82. The molecular formula is C13H15NO2S. The Bertz CT molecular complexity index is 482. The molecule has 17 heavy (non-hydrogen) atoms. The maximum Gasteiger partial charge on any atom is 0.120 e. The Labute approximate surface area is 104 Å². The zero-order valence-electron chi connectivity index (χ0n) is 9.55. The summed E-state index contributed by atoms with van der Waals surface area (Å²) in [4.78, 5) is 0. The minimum absolute atomic E-state index is 0.0120. The number of rotatable bonds is 4. The molecule has 2 aromatic rings. The molecule has 2 rings (SSSR count). The highest BCUT2D eigenvalue weighted by Gasteiger charge is 2.10. The first-order valence-electron chi connectivity index (χ1n) is 5.43. The van der Waals surface area contributed by atoms with E-state index in [-0.39, 0.29) is 17.5 Å². The highest BCUT2D eigenvalue weighted by molar-refractivity contribution is 7.07. The van der Waals surface area contributed by atoms with Gasteiger partial charge in [0.2, 0.25) is 0 Å². The van der Waals surface area contributed by atoms with Crippen LogP contribution < -0.4 is 5.32 Å². The lowest BCUT2D eigenvalue weighted by Gasteiger charge is -2.15. The predicted molar refractivity (Wildman–Crippen MR) is 69.3 cm³/mol. The van der Waals surface area contributed by atoms with Crippen molar-refractivity contribution < 1.29 is 10.2 Å². The van der Waals surface area contributed by atoms with Crippen LogP contribution >= 0.6 is 11.3 Å². The summed E-state index contributed by atoms with van der Waals surface area (Å²) in [7, 11) is 0. The van der Waals surface area contributed by atoms with Crippen LogP contribution in [0.2, 0.25) is 0 Å². The Hall–Kier alpha value is -1.52. The maximum atomic E-state index is 9.71. The smallest absolute Gasteiger partial charge is 0.120 e. The number of hydrogen-bond donors (Lipinski definition) is 3. The van der Waals surface area contributed by atoms with Gasteiger partial charge in [-0.2, -0.15) is 11.3 Å². The third kappa shape index (κ3) is 2.99. The van der Waals surface area contributed by atoms with Crippen LogP contribution in [0.3, 0.4) is 0 Å². The zero-order chi connectivity index (χ0) is 12.3. The molecular weight excluding hydrogens is 234 g/mol. The second-order valence-corrected chi connectivity index (χ2v) is 4.76. The van der Waals surface area contributed by atoms with Gasteiger partial charge in [0.1, 0.15) is 11.5 Å². The number of benzene rings is 1. The van der Waals surface area contributed by atoms with E-state index in [4.69, 9.17) is 0 Å². The van der Waals surface area contributed by atoms with Crippen LogP contribution in [0.1, 0.15) is 24.1 Å². The topological polar surface area (TPSA) is 52.5 Å². The lowest BCUT2D eigenvalue weighted by molar-refractivity contribution is 0.440. The lowest BCUT2D eigenvalue weighted by Crippen LogP contribution is -2.17. The van der Waals surface area contributed by atoms with Gasteiger partial charge in [-0.3, -0.25) is 0 Å². The summed E-state index contributed by atoms with van der Waals surface area (Å²) < 4.78 is 0. The molecule has 4 heteroatoms. The number of thiophene rings is 1. The fourth-order valence-electron chi connectivity index (χ4n) is 1.66. The molecule has 1 aromatic carbocycles. The van der Waals surface area contributed by atoms with Crippen molar-refractivity contribution in [3.8, 4) is 11.5 Å². The van der Waals surface area contributed by atoms with Crippen LogP contribution in [-0.4, -0.2) is 10.2 Å². The molecule has 1 atom stereocenters. The first-order chi connectivity index (χ1) is 8.16. The van der Waals surface area contributed by atoms with Crippen molar-refractivity contribution >= 4 is 11.3 Å². The van der Waals surface area contributed by atoms with Crippen molar-refractivity contribution in [3.05, 3.63) is 46.2 Å². The zero-order valence-corrected chi connectivity index (χ0v) is 10.4. The molecule has 0 fully saturated rings. The fraction of sp³-hybridized carbons (Fsp3) is 0.231. The Kier molecular flexibility index (Phi) is 3.66. The SMILES string of the molecule is CC(NCc1ccsc1)c1cc(O)ccc1O. The Balaban J connectivity index is 2.04. The van der Waals surface area contributed by atoms with E-state index >= 15 is 0 Å². The lowest BCUT2D eigenvalue weighted by atomic mass is 10.1. The van der Waals surface area contributed by atoms with E-state index in [1.807, 2.05) is 12.3 Å². The molecule has 1 unspecified atom stereocenters. The maximum absolute atomic E-state index is 9.71. The van der Waals surface area contributed by atoms with Crippen LogP contribution in [0, 0.1) is 0 Å². The number of nitrogens with one attached hydrogen (secondary N) is 1. The average molecular weight is 249 g/mol. The standard InChI is InChI=1S/C13H15NO2S/c1-9(14-7-10-4-5-17-8-10)12-6-11(15)2-3-13(12)16/h2-6,8-9,14-16H,7H2,1H3. The normalized spacial score (nSPS) is 12.5. The van der Waals surface area contributed by atoms with E-state index < -0.39 is 0 Å². The third-order valence-corrected chi connectivity index (χ3v) is 3.40. The molecule has 0 aliphatic carbocycles. The molecule has 3 nitrogen and oxygen atoms in total. The monoisotopic (exact) mass is 249 g/mol. The van der Waals surface area contributed by atoms with E-state index in [0.29, 0.717) is 5.56 Å². The minimum atomic E-state index is -0.0120. The summed E-state index contributed by atoms with van der Waals surface area (Å²) >= 11 is 1.66. The predicted octanol–water partition coefficient (Wildman–Crippen LogP) is 3.01. The summed E-state index contributed by atoms with van der Waals surface area (Å²) in [5.74, 6) is 0.370. The molecule has 1 heterocycles. The van der Waals surface area contributed by atoms with Crippen molar-refractivity contribution in [2.24, 2.45) is 0 Å². The number of phenols is 2. The van der Waals surface area contributed by atoms with Gasteiger partial charge in [-0.15, -0.1) is 0 Å². The van der Waals surface area contributed by atoms with Crippen molar-refractivity contribution in [2.75, 3.05) is 0 Å². The third-order valence-electron chi connectivity index (χ3n) is 2.67. The van der Waals surface area contributed by atoms with Gasteiger partial charge in [0.05, 0.1) is 0 Å². The van der Waals surface area contributed by atoms with Gasteiger partial charge >= 0.3 is 0 Å². The quantitative estimate of drug-likeness (QED) is 0.730. The van der Waals surface area contributed by atoms with Crippen LogP contribution in [0.25, 0.3) is 0 Å². The van der Waals surface area contributed by atoms with Crippen LogP contribution in [0.4, 0.5) is 0 Å². The van der Waals surface area contributed by atoms with Crippen LogP contribution in [0.15, 0.2) is 35.0 Å². The van der Waals surface area contributed by atoms with E-state index in [0.717, 1.165) is 6.54 Å². The Morgan fingerprint density at radius 2 is 2.12 bits per heavy atom. The van der Waals surface area contributed by atoms with Crippen molar-refractivity contribution in [3.63, 3.8) is 0 Å². The van der Waals surface area contributed by atoms with Gasteiger partial charge in [-0.1, -0.05) is 0 Å². The molecule has 0 saturated carbocycles. The highest BCUT2D eigenvalue weighted by atomic mass is 32.1. The van der Waals surface area contributed by atoms with Gasteiger partial charge in [0.15, 0.2) is 0 Å². The second-order valence-electron chi connectivity index (χ2n) is 3.98. The number of hydrogen-bond acceptors (Lipinski definition) is 4. The van der Waals surface area contributed by atoms with Crippen LogP contribution in [-0.2, 0) is 6.54 Å². The van der Waals surface area contributed by atoms with E-state index in [9.17, 15) is 10.2 Å². The van der Waals surface area contributed by atoms with Gasteiger partial charge in [-0.05, 0) is 47.5 Å². The first kappa shape index (κ1) is 12.0. The molecule has 0 aliphatic rings. The minimum Gasteiger partial charge on any atom is -0.508 e. The van der Waals surface area contributed by atoms with Gasteiger partial charge in [0.25, 0.3) is 0 Å². The van der Waals surface area contributed by atoms with Gasteiger partial charge in [0, 0.05) is 18.2 Å². The summed E-state index contributed by atoms with van der Waals surface area (Å²) in [6.07, 6.45) is 0. The largest absolute Gasteiger partial charge is 0.508 e. The van der Waals surface area contributed by atoms with Crippen molar-refractivity contribution in [2.45, 2.75) is 19.5 Å². The molecule has 3 N–H and O–H groups in total.